The molecule has 1 aliphatic rings. The molecule has 20 heavy (non-hydrogen) atoms. The summed E-state index contributed by atoms with van der Waals surface area (Å²) in [6.07, 6.45) is 3.57. The molecule has 0 spiro atoms. The number of benzene rings is 1. The zero-order valence-corrected chi connectivity index (χ0v) is 13.3. The number of ether oxygens (including phenoxy) is 1. The van der Waals surface area contributed by atoms with Crippen LogP contribution in [0.5, 0.6) is 11.5 Å². The molecule has 0 radical (unpaired) electrons. The molecule has 1 aliphatic carbocycles. The van der Waals surface area contributed by atoms with Gasteiger partial charge in [0.2, 0.25) is 0 Å². The summed E-state index contributed by atoms with van der Waals surface area (Å²) in [5.74, 6) is 0.701. The molecule has 1 saturated carbocycles. The zero-order chi connectivity index (χ0) is 15.0. The molecule has 0 unspecified atom stereocenters. The van der Waals surface area contributed by atoms with Gasteiger partial charge in [-0.3, -0.25) is 0 Å². The normalized spacial score (nSPS) is 21.4. The Bertz CT molecular complexity index is 464. The van der Waals surface area contributed by atoms with Gasteiger partial charge in [-0.25, -0.2) is 0 Å². The highest BCUT2D eigenvalue weighted by Gasteiger charge is 2.38. The number of methoxy groups -OCH3 is 1. The van der Waals surface area contributed by atoms with E-state index in [9.17, 15) is 5.11 Å². The fourth-order valence-corrected chi connectivity index (χ4v) is 3.96. The van der Waals surface area contributed by atoms with Crippen LogP contribution in [0.3, 0.4) is 0 Å². The maximum atomic E-state index is 9.86. The highest BCUT2D eigenvalue weighted by Crippen LogP contribution is 2.46. The maximum absolute atomic E-state index is 9.86. The lowest BCUT2D eigenvalue weighted by molar-refractivity contribution is 0.105. The number of anilines is 1. The molecule has 0 heterocycles. The van der Waals surface area contributed by atoms with Gasteiger partial charge in [0.25, 0.3) is 0 Å². The number of hydrogen-bond donors (Lipinski definition) is 2. The minimum Gasteiger partial charge on any atom is -0.504 e. The molecular weight excluding hydrogens is 250 g/mol. The molecule has 0 aliphatic heterocycles. The Labute approximate surface area is 122 Å². The van der Waals surface area contributed by atoms with Crippen LogP contribution in [0.1, 0.15) is 47.0 Å². The van der Waals surface area contributed by atoms with Crippen LogP contribution in [0.2, 0.25) is 0 Å². The van der Waals surface area contributed by atoms with Gasteiger partial charge >= 0.3 is 0 Å². The number of phenolic OH excluding ortho intramolecular Hbond substituents is 1. The largest absolute Gasteiger partial charge is 0.504 e. The van der Waals surface area contributed by atoms with E-state index < -0.39 is 0 Å². The van der Waals surface area contributed by atoms with Crippen molar-refractivity contribution in [2.45, 2.75) is 53.0 Å². The summed E-state index contributed by atoms with van der Waals surface area (Å²) in [4.78, 5) is 0. The van der Waals surface area contributed by atoms with Gasteiger partial charge in [-0.05, 0) is 42.2 Å². The average molecular weight is 277 g/mol. The minimum atomic E-state index is 0.187. The van der Waals surface area contributed by atoms with Gasteiger partial charge in [0.05, 0.1) is 7.11 Å². The Kier molecular flexibility index (Phi) is 3.90. The van der Waals surface area contributed by atoms with Crippen molar-refractivity contribution in [1.82, 2.24) is 0 Å². The minimum absolute atomic E-state index is 0.187. The molecule has 1 aromatic rings. The number of aromatic hydroxyl groups is 1. The van der Waals surface area contributed by atoms with E-state index in [0.29, 0.717) is 22.6 Å². The molecule has 0 aromatic heterocycles. The van der Waals surface area contributed by atoms with Gasteiger partial charge in [-0.1, -0.05) is 27.7 Å². The van der Waals surface area contributed by atoms with E-state index >= 15 is 0 Å². The third-order valence-electron chi connectivity index (χ3n) is 4.10. The molecule has 0 atom stereocenters. The monoisotopic (exact) mass is 277 g/mol. The van der Waals surface area contributed by atoms with Crippen molar-refractivity contribution >= 4 is 5.69 Å². The zero-order valence-electron chi connectivity index (χ0n) is 13.3. The fraction of sp³-hybridized carbons (Fsp3) is 0.647. The quantitative estimate of drug-likeness (QED) is 0.859. The van der Waals surface area contributed by atoms with Crippen LogP contribution in [-0.2, 0) is 0 Å². The van der Waals surface area contributed by atoms with E-state index in [1.807, 2.05) is 6.07 Å². The van der Waals surface area contributed by atoms with Crippen molar-refractivity contribution in [3.8, 4) is 11.5 Å². The van der Waals surface area contributed by atoms with E-state index in [-0.39, 0.29) is 5.75 Å². The van der Waals surface area contributed by atoms with Gasteiger partial charge in [0.15, 0.2) is 11.5 Å². The Balaban J connectivity index is 2.11. The fourth-order valence-electron chi connectivity index (χ4n) is 3.96. The molecular formula is C17H27NO2. The van der Waals surface area contributed by atoms with Gasteiger partial charge in [0, 0.05) is 17.8 Å². The van der Waals surface area contributed by atoms with Crippen LogP contribution >= 0.6 is 0 Å². The Morgan fingerprint density at radius 1 is 1.15 bits per heavy atom. The molecule has 2 rings (SSSR count). The van der Waals surface area contributed by atoms with Crippen LogP contribution in [0.4, 0.5) is 5.69 Å². The van der Waals surface area contributed by atoms with E-state index in [1.165, 1.54) is 6.42 Å². The lowest BCUT2D eigenvalue weighted by atomic mass is 9.63. The highest BCUT2D eigenvalue weighted by atomic mass is 16.5. The Morgan fingerprint density at radius 3 is 2.25 bits per heavy atom. The lowest BCUT2D eigenvalue weighted by Gasteiger charge is -2.45. The molecule has 0 amide bonds. The topological polar surface area (TPSA) is 41.5 Å². The first-order valence-electron chi connectivity index (χ1n) is 7.34. The third-order valence-corrected chi connectivity index (χ3v) is 4.10. The second-order valence-electron chi connectivity index (χ2n) is 7.64. The van der Waals surface area contributed by atoms with Crippen LogP contribution < -0.4 is 10.1 Å². The predicted molar refractivity (Wildman–Crippen MR) is 83.5 cm³/mol. The first-order chi connectivity index (χ1) is 9.21. The van der Waals surface area contributed by atoms with Crippen LogP contribution in [0, 0.1) is 10.8 Å². The predicted octanol–water partition coefficient (Wildman–Crippen LogP) is 4.42. The molecule has 3 nitrogen and oxygen atoms in total. The summed E-state index contributed by atoms with van der Waals surface area (Å²) < 4.78 is 5.08. The molecule has 0 bridgehead atoms. The van der Waals surface area contributed by atoms with Gasteiger partial charge in [-0.2, -0.15) is 0 Å². The average Bonchev–Trinajstić information content (AvgIpc) is 2.24. The second kappa shape index (κ2) is 5.19. The summed E-state index contributed by atoms with van der Waals surface area (Å²) in [7, 11) is 1.56. The molecule has 0 saturated heterocycles. The van der Waals surface area contributed by atoms with Crippen molar-refractivity contribution in [3.63, 3.8) is 0 Å². The van der Waals surface area contributed by atoms with Crippen molar-refractivity contribution in [2.24, 2.45) is 10.8 Å². The Morgan fingerprint density at radius 2 is 1.75 bits per heavy atom. The third kappa shape index (κ3) is 3.59. The van der Waals surface area contributed by atoms with E-state index in [2.05, 4.69) is 33.0 Å². The van der Waals surface area contributed by atoms with Gasteiger partial charge in [-0.15, -0.1) is 0 Å². The maximum Gasteiger partial charge on any atom is 0.160 e. The molecule has 2 N–H and O–H groups in total. The first kappa shape index (κ1) is 15.0. The van der Waals surface area contributed by atoms with Gasteiger partial charge < -0.3 is 15.2 Å². The standard InChI is InChI=1S/C17H27NO2/c1-16(2)9-13(10-17(3,4)11-16)18-12-6-7-15(20-5)14(19)8-12/h6-8,13,18-19H,9-11H2,1-5H3. The van der Waals surface area contributed by atoms with Crippen molar-refractivity contribution < 1.29 is 9.84 Å². The molecule has 1 fully saturated rings. The summed E-state index contributed by atoms with van der Waals surface area (Å²) in [5.41, 5.74) is 1.67. The number of nitrogens with one attached hydrogen (secondary N) is 1. The number of rotatable bonds is 3. The van der Waals surface area contributed by atoms with Crippen molar-refractivity contribution in [1.29, 1.82) is 0 Å². The Hall–Kier alpha value is -1.38. The SMILES string of the molecule is COc1ccc(NC2CC(C)(C)CC(C)(C)C2)cc1O. The van der Waals surface area contributed by atoms with Crippen LogP contribution in [0.15, 0.2) is 18.2 Å². The van der Waals surface area contributed by atoms with E-state index in [0.717, 1.165) is 18.5 Å². The van der Waals surface area contributed by atoms with E-state index in [1.54, 1.807) is 19.2 Å². The smallest absolute Gasteiger partial charge is 0.160 e. The lowest BCUT2D eigenvalue weighted by Crippen LogP contribution is -2.40. The van der Waals surface area contributed by atoms with Crippen LogP contribution in [-0.4, -0.2) is 18.3 Å². The number of hydrogen-bond acceptors (Lipinski definition) is 3. The van der Waals surface area contributed by atoms with Crippen molar-refractivity contribution in [2.75, 3.05) is 12.4 Å². The second-order valence-corrected chi connectivity index (χ2v) is 7.64. The van der Waals surface area contributed by atoms with E-state index in [4.69, 9.17) is 4.74 Å². The molecule has 3 heteroatoms. The molecule has 112 valence electrons. The van der Waals surface area contributed by atoms with Gasteiger partial charge in [0.1, 0.15) is 0 Å². The highest BCUT2D eigenvalue weighted by molar-refractivity contribution is 5.54. The summed E-state index contributed by atoms with van der Waals surface area (Å²) in [6.45, 7) is 9.37. The summed E-state index contributed by atoms with van der Waals surface area (Å²) in [6, 6.07) is 5.96. The molecule has 1 aromatic carbocycles. The van der Waals surface area contributed by atoms with Crippen molar-refractivity contribution in [3.05, 3.63) is 18.2 Å². The summed E-state index contributed by atoms with van der Waals surface area (Å²) in [5, 5.41) is 13.4. The summed E-state index contributed by atoms with van der Waals surface area (Å²) >= 11 is 0. The number of phenols is 1. The van der Waals surface area contributed by atoms with Crippen LogP contribution in [0.25, 0.3) is 0 Å². The first-order valence-corrected chi connectivity index (χ1v) is 7.34.